The second-order valence-electron chi connectivity index (χ2n) is 7.31. The number of rotatable bonds is 10. The van der Waals surface area contributed by atoms with E-state index in [4.69, 9.17) is 0 Å². The topological polar surface area (TPSA) is 49.4 Å². The Balaban J connectivity index is 2.10. The molecule has 0 fully saturated rings. The molecule has 2 aromatic carbocycles. The number of carbonyl (C=O) groups excluding carboxylic acids is 2. The molecule has 0 spiro atoms. The fourth-order valence-electron chi connectivity index (χ4n) is 3.24. The van der Waals surface area contributed by atoms with Crippen molar-refractivity contribution in [3.63, 3.8) is 0 Å². The van der Waals surface area contributed by atoms with Crippen molar-refractivity contribution in [1.82, 2.24) is 10.2 Å². The van der Waals surface area contributed by atoms with Crippen molar-refractivity contribution in [1.29, 1.82) is 0 Å². The number of amides is 2. The molecule has 1 atom stereocenters. The first kappa shape index (κ1) is 23.0. The van der Waals surface area contributed by atoms with Crippen LogP contribution in [0.5, 0.6) is 0 Å². The summed E-state index contributed by atoms with van der Waals surface area (Å²) in [5.74, 6) is 1.06. The van der Waals surface area contributed by atoms with E-state index in [2.05, 4.69) is 30.4 Å². The van der Waals surface area contributed by atoms with Gasteiger partial charge in [0.2, 0.25) is 11.8 Å². The van der Waals surface area contributed by atoms with E-state index in [1.54, 1.807) is 16.7 Å². The van der Waals surface area contributed by atoms with Gasteiger partial charge in [-0.3, -0.25) is 9.59 Å². The highest BCUT2D eigenvalue weighted by Crippen LogP contribution is 2.18. The number of likely N-dealkylation sites (N-methyl/N-ethyl adjacent to an activating group) is 1. The molecule has 0 aliphatic heterocycles. The van der Waals surface area contributed by atoms with Crippen molar-refractivity contribution in [2.75, 3.05) is 12.3 Å². The summed E-state index contributed by atoms with van der Waals surface area (Å²) in [7, 11) is 0. The maximum atomic E-state index is 13.1. The normalized spacial score (nSPS) is 11.7. The highest BCUT2D eigenvalue weighted by Gasteiger charge is 2.28. The fourth-order valence-corrected chi connectivity index (χ4v) is 4.10. The number of benzene rings is 2. The Morgan fingerprint density at radius 3 is 2.34 bits per heavy atom. The zero-order valence-electron chi connectivity index (χ0n) is 17.9. The molecule has 0 aliphatic carbocycles. The highest BCUT2D eigenvalue weighted by molar-refractivity contribution is 7.99. The number of thioether (sulfide) groups is 1. The molecule has 2 rings (SSSR count). The summed E-state index contributed by atoms with van der Waals surface area (Å²) < 4.78 is 0. The molecule has 0 heterocycles. The van der Waals surface area contributed by atoms with E-state index >= 15 is 0 Å². The second kappa shape index (κ2) is 11.7. The van der Waals surface area contributed by atoms with Crippen molar-refractivity contribution in [2.45, 2.75) is 52.5 Å². The van der Waals surface area contributed by atoms with Gasteiger partial charge in [-0.25, -0.2) is 0 Å². The first-order chi connectivity index (χ1) is 13.9. The molecule has 2 aromatic rings. The van der Waals surface area contributed by atoms with Crippen molar-refractivity contribution < 1.29 is 9.59 Å². The van der Waals surface area contributed by atoms with Crippen LogP contribution in [0, 0.1) is 13.8 Å². The van der Waals surface area contributed by atoms with Crippen LogP contribution in [0.4, 0.5) is 0 Å². The molecular weight excluding hydrogens is 380 g/mol. The van der Waals surface area contributed by atoms with E-state index in [1.807, 2.05) is 51.1 Å². The summed E-state index contributed by atoms with van der Waals surface area (Å²) >= 11 is 1.59. The number of nitrogens with zero attached hydrogens (tertiary/aromatic N) is 1. The van der Waals surface area contributed by atoms with Crippen LogP contribution in [0.25, 0.3) is 0 Å². The zero-order chi connectivity index (χ0) is 21.2. The van der Waals surface area contributed by atoms with Gasteiger partial charge in [0.15, 0.2) is 0 Å². The number of nitrogens with one attached hydrogen (secondary N) is 1. The van der Waals surface area contributed by atoms with Crippen LogP contribution in [0.2, 0.25) is 0 Å². The lowest BCUT2D eigenvalue weighted by atomic mass is 10.1. The van der Waals surface area contributed by atoms with E-state index in [1.165, 1.54) is 16.7 Å². The molecule has 2 amide bonds. The molecule has 5 heteroatoms. The monoisotopic (exact) mass is 412 g/mol. The first-order valence-corrected chi connectivity index (χ1v) is 11.4. The Morgan fingerprint density at radius 2 is 1.72 bits per heavy atom. The third-order valence-corrected chi connectivity index (χ3v) is 5.78. The van der Waals surface area contributed by atoms with Crippen LogP contribution in [0.15, 0.2) is 48.5 Å². The standard InChI is InChI=1S/C24H32N2O2S/c1-5-22(24(28)25-6-2)26(15-20-12-10-18(3)11-13-20)23(27)17-29-16-21-9-7-8-19(4)14-21/h7-14,22H,5-6,15-17H2,1-4H3,(H,25,28)/t22-/m0/s1. The van der Waals surface area contributed by atoms with Gasteiger partial charge in [-0.1, -0.05) is 66.6 Å². The summed E-state index contributed by atoms with van der Waals surface area (Å²) in [6.07, 6.45) is 0.589. The number of hydrogen-bond acceptors (Lipinski definition) is 3. The molecule has 0 saturated carbocycles. The van der Waals surface area contributed by atoms with Crippen LogP contribution in [-0.4, -0.2) is 35.1 Å². The van der Waals surface area contributed by atoms with E-state index in [9.17, 15) is 9.59 Å². The largest absolute Gasteiger partial charge is 0.355 e. The number of aryl methyl sites for hydroxylation is 2. The van der Waals surface area contributed by atoms with Gasteiger partial charge in [0.25, 0.3) is 0 Å². The van der Waals surface area contributed by atoms with E-state index < -0.39 is 6.04 Å². The maximum absolute atomic E-state index is 13.1. The third kappa shape index (κ3) is 7.24. The lowest BCUT2D eigenvalue weighted by Crippen LogP contribution is -2.49. The highest BCUT2D eigenvalue weighted by atomic mass is 32.2. The summed E-state index contributed by atoms with van der Waals surface area (Å²) in [5.41, 5.74) is 4.65. The Hall–Kier alpha value is -2.27. The number of carbonyl (C=O) groups is 2. The van der Waals surface area contributed by atoms with E-state index in [-0.39, 0.29) is 11.8 Å². The Kier molecular flexibility index (Phi) is 9.26. The molecule has 1 N–H and O–H groups in total. The molecule has 156 valence electrons. The molecule has 0 radical (unpaired) electrons. The Bertz CT molecular complexity index is 805. The van der Waals surface area contributed by atoms with E-state index in [0.29, 0.717) is 25.3 Å². The Morgan fingerprint density at radius 1 is 1.00 bits per heavy atom. The number of hydrogen-bond donors (Lipinski definition) is 1. The van der Waals surface area contributed by atoms with Crippen LogP contribution >= 0.6 is 11.8 Å². The van der Waals surface area contributed by atoms with Gasteiger partial charge in [-0.15, -0.1) is 11.8 Å². The smallest absolute Gasteiger partial charge is 0.242 e. The van der Waals surface area contributed by atoms with Gasteiger partial charge in [-0.2, -0.15) is 0 Å². The first-order valence-electron chi connectivity index (χ1n) is 10.2. The molecular formula is C24H32N2O2S. The van der Waals surface area contributed by atoms with Gasteiger partial charge in [0.1, 0.15) is 6.04 Å². The summed E-state index contributed by atoms with van der Waals surface area (Å²) in [6, 6.07) is 16.0. The summed E-state index contributed by atoms with van der Waals surface area (Å²) in [4.78, 5) is 27.4. The molecule has 0 bridgehead atoms. The minimum atomic E-state index is -0.455. The van der Waals surface area contributed by atoms with Gasteiger partial charge in [0, 0.05) is 18.8 Å². The van der Waals surface area contributed by atoms with Gasteiger partial charge in [-0.05, 0) is 38.3 Å². The molecule has 0 saturated heterocycles. The summed E-state index contributed by atoms with van der Waals surface area (Å²) in [5, 5.41) is 2.88. The second-order valence-corrected chi connectivity index (χ2v) is 8.29. The molecule has 29 heavy (non-hydrogen) atoms. The molecule has 0 aromatic heterocycles. The van der Waals surface area contributed by atoms with Gasteiger partial charge < -0.3 is 10.2 Å². The van der Waals surface area contributed by atoms with Crippen molar-refractivity contribution in [3.05, 3.63) is 70.8 Å². The lowest BCUT2D eigenvalue weighted by Gasteiger charge is -2.30. The quantitative estimate of drug-likeness (QED) is 0.626. The van der Waals surface area contributed by atoms with Gasteiger partial charge in [0.05, 0.1) is 5.75 Å². The maximum Gasteiger partial charge on any atom is 0.242 e. The summed E-state index contributed by atoms with van der Waals surface area (Å²) in [6.45, 7) is 8.96. The van der Waals surface area contributed by atoms with Crippen LogP contribution in [-0.2, 0) is 21.9 Å². The Labute approximate surface area is 179 Å². The van der Waals surface area contributed by atoms with Crippen LogP contribution in [0.3, 0.4) is 0 Å². The predicted molar refractivity (Wildman–Crippen MR) is 122 cm³/mol. The molecule has 4 nitrogen and oxygen atoms in total. The average molecular weight is 413 g/mol. The molecule has 0 aliphatic rings. The zero-order valence-corrected chi connectivity index (χ0v) is 18.7. The SMILES string of the molecule is CCNC(=O)[C@H](CC)N(Cc1ccc(C)cc1)C(=O)CSCc1cccc(C)c1. The van der Waals surface area contributed by atoms with Crippen molar-refractivity contribution in [3.8, 4) is 0 Å². The van der Waals surface area contributed by atoms with Crippen molar-refractivity contribution in [2.24, 2.45) is 0 Å². The minimum Gasteiger partial charge on any atom is -0.355 e. The predicted octanol–water partition coefficient (Wildman–Crippen LogP) is 4.48. The fraction of sp³-hybridized carbons (Fsp3) is 0.417. The van der Waals surface area contributed by atoms with Crippen molar-refractivity contribution >= 4 is 23.6 Å². The van der Waals surface area contributed by atoms with E-state index in [0.717, 1.165) is 11.3 Å². The van der Waals surface area contributed by atoms with Crippen LogP contribution < -0.4 is 5.32 Å². The molecule has 0 unspecified atom stereocenters. The van der Waals surface area contributed by atoms with Crippen LogP contribution in [0.1, 0.15) is 42.5 Å². The average Bonchev–Trinajstić information content (AvgIpc) is 2.69. The lowest BCUT2D eigenvalue weighted by molar-refractivity contribution is -0.139. The third-order valence-electron chi connectivity index (χ3n) is 4.79. The van der Waals surface area contributed by atoms with Gasteiger partial charge >= 0.3 is 0 Å². The minimum absolute atomic E-state index is 0.00123.